The van der Waals surface area contributed by atoms with Crippen molar-refractivity contribution in [1.29, 1.82) is 0 Å². The van der Waals surface area contributed by atoms with Gasteiger partial charge in [-0.15, -0.1) is 0 Å². The first-order chi connectivity index (χ1) is 23.3. The van der Waals surface area contributed by atoms with Crippen LogP contribution in [0, 0.1) is 46.5 Å². The van der Waals surface area contributed by atoms with E-state index in [1.54, 1.807) is 12.1 Å². The van der Waals surface area contributed by atoms with Crippen LogP contribution < -0.4 is 9.80 Å². The Labute approximate surface area is 268 Å². The Hall–Kier alpha value is -6.06. The number of amides is 4. The van der Waals surface area contributed by atoms with Gasteiger partial charge in [-0.2, -0.15) is 0 Å². The van der Waals surface area contributed by atoms with Crippen LogP contribution >= 0.6 is 0 Å². The number of alkyl halides is 2. The van der Waals surface area contributed by atoms with Crippen molar-refractivity contribution in [3.63, 3.8) is 0 Å². The molecule has 0 bridgehead atoms. The zero-order chi connectivity index (χ0) is 36.2. The summed E-state index contributed by atoms with van der Waals surface area (Å²) in [5.74, 6) is -18.3. The number of nitrogens with zero attached hydrogens (tertiary/aromatic N) is 2. The van der Waals surface area contributed by atoms with Gasteiger partial charge in [0.15, 0.2) is 46.5 Å². The number of halogens is 10. The molecule has 49 heavy (non-hydrogen) atoms. The zero-order valence-corrected chi connectivity index (χ0v) is 24.1. The van der Waals surface area contributed by atoms with E-state index in [2.05, 4.69) is 0 Å². The number of imide groups is 2. The average molecular weight is 694 g/mol. The van der Waals surface area contributed by atoms with Crippen LogP contribution in [0.25, 0.3) is 22.3 Å². The van der Waals surface area contributed by atoms with Gasteiger partial charge in [-0.3, -0.25) is 19.2 Å². The van der Waals surface area contributed by atoms with Crippen molar-refractivity contribution in [2.45, 2.75) is 0 Å². The highest BCUT2D eigenvalue weighted by Gasteiger charge is 2.37. The van der Waals surface area contributed by atoms with Crippen molar-refractivity contribution in [3.05, 3.63) is 132 Å². The predicted molar refractivity (Wildman–Crippen MR) is 154 cm³/mol. The maximum atomic E-state index is 14.2. The van der Waals surface area contributed by atoms with Crippen LogP contribution in [-0.2, 0) is 19.2 Å². The van der Waals surface area contributed by atoms with Gasteiger partial charge in [0.25, 0.3) is 23.6 Å². The van der Waals surface area contributed by atoms with E-state index in [0.717, 1.165) is 24.3 Å². The minimum atomic E-state index is -1.81. The average Bonchev–Trinajstić information content (AvgIpc) is 3.60. The van der Waals surface area contributed by atoms with E-state index in [4.69, 9.17) is 0 Å². The number of anilines is 2. The van der Waals surface area contributed by atoms with Crippen LogP contribution in [0.1, 0.15) is 0 Å². The Morgan fingerprint density at radius 1 is 0.388 bits per heavy atom. The molecule has 0 aromatic heterocycles. The van der Waals surface area contributed by atoms with Gasteiger partial charge in [0.05, 0.1) is 11.1 Å². The monoisotopic (exact) mass is 694 g/mol. The molecule has 2 aliphatic rings. The van der Waals surface area contributed by atoms with Gasteiger partial charge in [-0.05, 0) is 11.1 Å². The van der Waals surface area contributed by atoms with Gasteiger partial charge in [-0.25, -0.2) is 53.7 Å². The Morgan fingerprint density at radius 2 is 0.612 bits per heavy atom. The lowest BCUT2D eigenvalue weighted by Crippen LogP contribution is -2.32. The second-order valence-corrected chi connectivity index (χ2v) is 9.48. The molecule has 0 fully saturated rings. The highest BCUT2D eigenvalue weighted by molar-refractivity contribution is 6.29. The molecule has 252 valence electrons. The lowest BCUT2D eigenvalue weighted by molar-refractivity contribution is -0.121. The van der Waals surface area contributed by atoms with Crippen LogP contribution in [0.2, 0.25) is 0 Å². The highest BCUT2D eigenvalue weighted by Crippen LogP contribution is 2.38. The lowest BCUT2D eigenvalue weighted by atomic mass is 10.0. The molecule has 0 atom stereocenters. The van der Waals surface area contributed by atoms with Gasteiger partial charge in [0.2, 0.25) is 6.93 Å². The molecule has 4 aromatic rings. The van der Waals surface area contributed by atoms with Gasteiger partial charge >= 0.3 is 0 Å². The molecular weight excluding hydrogens is 678 g/mol. The predicted octanol–water partition coefficient (Wildman–Crippen LogP) is 7.56. The van der Waals surface area contributed by atoms with Gasteiger partial charge in [0, 0.05) is 24.3 Å². The molecule has 0 aliphatic carbocycles. The molecule has 4 amide bonds. The van der Waals surface area contributed by atoms with E-state index in [1.165, 1.54) is 48.5 Å². The molecule has 2 aliphatic heterocycles. The molecule has 0 spiro atoms. The number of carbonyl (C=O) groups excluding carboxylic acids is 4. The fourth-order valence-electron chi connectivity index (χ4n) is 4.59. The zero-order valence-electron chi connectivity index (χ0n) is 24.1. The first-order valence-corrected chi connectivity index (χ1v) is 13.3. The Balaban J connectivity index is 0.000000205. The highest BCUT2D eigenvalue weighted by atomic mass is 19.3. The second-order valence-electron chi connectivity index (χ2n) is 9.48. The minimum absolute atomic E-state index is 0.0472. The summed E-state index contributed by atoms with van der Waals surface area (Å²) >= 11 is 0. The summed E-state index contributed by atoms with van der Waals surface area (Å²) in [7, 11) is 0. The van der Waals surface area contributed by atoms with Crippen molar-refractivity contribution in [1.82, 2.24) is 0 Å². The minimum Gasteiger partial charge on any atom is -0.269 e. The smallest absolute Gasteiger partial charge is 0.258 e. The van der Waals surface area contributed by atoms with E-state index < -0.39 is 99.6 Å². The van der Waals surface area contributed by atoms with Crippen LogP contribution in [0.15, 0.2) is 85.0 Å². The molecule has 6 rings (SSSR count). The first-order valence-electron chi connectivity index (χ1n) is 13.3. The summed E-state index contributed by atoms with van der Waals surface area (Å²) in [6, 6.07) is 14.0. The summed E-state index contributed by atoms with van der Waals surface area (Å²) in [6.45, 7) is -1.75. The fourth-order valence-corrected chi connectivity index (χ4v) is 4.59. The number of hydrogen-bond donors (Lipinski definition) is 0. The van der Waals surface area contributed by atoms with Crippen LogP contribution in [-0.4, -0.2) is 30.6 Å². The maximum absolute atomic E-state index is 14.2. The first kappa shape index (κ1) is 35.8. The third-order valence-corrected chi connectivity index (χ3v) is 6.67. The Morgan fingerprint density at radius 3 is 0.837 bits per heavy atom. The summed E-state index contributed by atoms with van der Waals surface area (Å²) in [4.78, 5) is 46.1. The molecule has 0 saturated carbocycles. The van der Waals surface area contributed by atoms with E-state index in [0.29, 0.717) is 0 Å². The second kappa shape index (κ2) is 14.8. The van der Waals surface area contributed by atoms with Crippen LogP contribution in [0.4, 0.5) is 55.3 Å². The summed E-state index contributed by atoms with van der Waals surface area (Å²) in [6.07, 6.45) is 3.01. The third kappa shape index (κ3) is 6.70. The van der Waals surface area contributed by atoms with Crippen LogP contribution in [0.3, 0.4) is 0 Å². The SMILES string of the molecule is FCF.O=C1C=CC(=O)N1c1c(F)c(F)c(-c2ccccc2)c(F)c1F.O=C1C=CC(=O)N1c1c(F)c(F)c(-c2ccccc2)c(F)c1F. The summed E-state index contributed by atoms with van der Waals surface area (Å²) in [5, 5.41) is 0. The van der Waals surface area contributed by atoms with Crippen molar-refractivity contribution in [2.24, 2.45) is 0 Å². The number of benzene rings is 4. The summed E-state index contributed by atoms with van der Waals surface area (Å²) < 4.78 is 133. The molecule has 0 saturated heterocycles. The third-order valence-electron chi connectivity index (χ3n) is 6.67. The lowest BCUT2D eigenvalue weighted by Gasteiger charge is -2.18. The number of carbonyl (C=O) groups is 4. The van der Waals surface area contributed by atoms with E-state index in [9.17, 15) is 63.1 Å². The van der Waals surface area contributed by atoms with Crippen molar-refractivity contribution in [3.8, 4) is 22.3 Å². The fraction of sp³-hybridized carbons (Fsp3) is 0.0303. The normalized spacial score (nSPS) is 13.5. The molecule has 4 aromatic carbocycles. The molecular formula is C33H16F10N2O4. The molecule has 0 radical (unpaired) electrons. The topological polar surface area (TPSA) is 74.8 Å². The largest absolute Gasteiger partial charge is 0.269 e. The molecule has 2 heterocycles. The molecule has 16 heteroatoms. The van der Waals surface area contributed by atoms with Gasteiger partial charge in [-0.1, -0.05) is 60.7 Å². The van der Waals surface area contributed by atoms with Gasteiger partial charge < -0.3 is 0 Å². The Kier molecular flexibility index (Phi) is 10.8. The van der Waals surface area contributed by atoms with Crippen molar-refractivity contribution < 1.29 is 63.1 Å². The quantitative estimate of drug-likeness (QED) is 0.126. The van der Waals surface area contributed by atoms with E-state index in [-0.39, 0.29) is 20.9 Å². The Bertz CT molecular complexity index is 1800. The van der Waals surface area contributed by atoms with Crippen molar-refractivity contribution >= 4 is 35.0 Å². The molecule has 6 nitrogen and oxygen atoms in total. The standard InChI is InChI=1S/2C16H7F4NO2.CH2F2/c2*17-12-11(8-4-2-1-3-5-8)13(18)15(20)16(14(12)19)21-9(22)6-7-10(21)23;2-1-3/h2*1-7H;1H2. The van der Waals surface area contributed by atoms with E-state index in [1.807, 2.05) is 0 Å². The maximum Gasteiger partial charge on any atom is 0.258 e. The molecule has 0 N–H and O–H groups in total. The number of rotatable bonds is 4. The van der Waals surface area contributed by atoms with Gasteiger partial charge in [0.1, 0.15) is 11.4 Å². The van der Waals surface area contributed by atoms with Crippen LogP contribution in [0.5, 0.6) is 0 Å². The molecule has 0 unspecified atom stereocenters. The van der Waals surface area contributed by atoms with Crippen molar-refractivity contribution in [2.75, 3.05) is 16.7 Å². The van der Waals surface area contributed by atoms with E-state index >= 15 is 0 Å². The number of hydrogen-bond acceptors (Lipinski definition) is 4. The summed E-state index contributed by atoms with van der Waals surface area (Å²) in [5.41, 5.74) is -4.69.